The molecule has 0 aliphatic heterocycles. The summed E-state index contributed by atoms with van der Waals surface area (Å²) in [6.07, 6.45) is 0. The molecule has 8 nitrogen and oxygen atoms in total. The highest BCUT2D eigenvalue weighted by Crippen LogP contribution is 2.43. The van der Waals surface area contributed by atoms with Crippen molar-refractivity contribution in [2.24, 2.45) is 0 Å². The van der Waals surface area contributed by atoms with Crippen molar-refractivity contribution in [2.45, 2.75) is 0 Å². The zero-order valence-electron chi connectivity index (χ0n) is 50.3. The lowest BCUT2D eigenvalue weighted by molar-refractivity contribution is 0.668. The molecule has 0 N–H and O–H groups in total. The molecule has 7 aromatic heterocycles. The van der Waals surface area contributed by atoms with Gasteiger partial charge < -0.3 is 22.4 Å². The number of nitrogens with zero attached hydrogens (tertiary/aromatic N) is 5. The Bertz CT molecular complexity index is 6810. The van der Waals surface area contributed by atoms with Crippen LogP contribution in [0.3, 0.4) is 0 Å². The van der Waals surface area contributed by atoms with E-state index in [9.17, 15) is 0 Å². The predicted octanol–water partition coefficient (Wildman–Crippen LogP) is 23.3. The Morgan fingerprint density at radius 2 is 0.521 bits per heavy atom. The van der Waals surface area contributed by atoms with Crippen molar-refractivity contribution in [1.82, 2.24) is 23.7 Å². The van der Waals surface area contributed by atoms with Gasteiger partial charge in [0.05, 0.1) is 38.6 Å². The van der Waals surface area contributed by atoms with Crippen LogP contribution in [0.5, 0.6) is 0 Å². The van der Waals surface area contributed by atoms with Crippen molar-refractivity contribution >= 4 is 142 Å². The summed E-state index contributed by atoms with van der Waals surface area (Å²) in [6, 6.07) is 106. The SMILES string of the molecule is c1ccc2c(c1)oc1cc(-c3ccc4c5ccccc5n(-c5ccc(-c6nc(-n7c8ccccc8c8ccc(-c9ccc%10c(c9)oc9ccccc9%10)cc87)c7cc(-n8c9ccccc9c9ccc(-c%10ccc%11c(c%10)oc%10ccccc%10%11)cc98)ccc7n6)cc5)c4c3)ccc12. The molecular formula is C86H49N5O3. The largest absolute Gasteiger partial charge is 0.456 e. The van der Waals surface area contributed by atoms with E-state index in [1.165, 1.54) is 16.2 Å². The van der Waals surface area contributed by atoms with Gasteiger partial charge in [0.15, 0.2) is 5.82 Å². The smallest absolute Gasteiger partial charge is 0.162 e. The van der Waals surface area contributed by atoms with Gasteiger partial charge in [-0.25, -0.2) is 9.97 Å². The summed E-state index contributed by atoms with van der Waals surface area (Å²) in [4.78, 5) is 11.3. The van der Waals surface area contributed by atoms with Crippen LogP contribution in [0.1, 0.15) is 0 Å². The predicted molar refractivity (Wildman–Crippen MR) is 386 cm³/mol. The third-order valence-electron chi connectivity index (χ3n) is 19.7. The molecule has 0 saturated heterocycles. The first-order chi connectivity index (χ1) is 46.5. The Morgan fingerprint density at radius 1 is 0.202 bits per heavy atom. The fourth-order valence-corrected chi connectivity index (χ4v) is 15.2. The van der Waals surface area contributed by atoms with Gasteiger partial charge >= 0.3 is 0 Å². The average Bonchev–Trinajstić information content (AvgIpc) is 1.56. The molecular weight excluding hydrogens is 1150 g/mol. The summed E-state index contributed by atoms with van der Waals surface area (Å²) in [5.41, 5.74) is 22.0. The zero-order chi connectivity index (χ0) is 61.3. The van der Waals surface area contributed by atoms with E-state index in [2.05, 4.69) is 275 Å². The van der Waals surface area contributed by atoms with Crippen LogP contribution in [0, 0.1) is 0 Å². The van der Waals surface area contributed by atoms with Gasteiger partial charge in [-0.05, 0) is 167 Å². The summed E-state index contributed by atoms with van der Waals surface area (Å²) < 4.78 is 26.4. The number of benzene rings is 14. The molecule has 0 amide bonds. The highest BCUT2D eigenvalue weighted by molar-refractivity contribution is 6.15. The minimum absolute atomic E-state index is 0.618. The van der Waals surface area contributed by atoms with E-state index >= 15 is 0 Å². The average molecular weight is 1200 g/mol. The number of hydrogen-bond acceptors (Lipinski definition) is 5. The number of aromatic nitrogens is 5. The van der Waals surface area contributed by atoms with Gasteiger partial charge in [-0.15, -0.1) is 0 Å². The van der Waals surface area contributed by atoms with E-state index < -0.39 is 0 Å². The second-order valence-corrected chi connectivity index (χ2v) is 24.8. The van der Waals surface area contributed by atoms with Gasteiger partial charge in [0, 0.05) is 87.0 Å². The standard InChI is InChI=1S/C86H49N5O3/c1-7-19-73-59(13-1)62-36-27-51(54-30-39-68-65-16-4-10-22-79(65)92-82(68)46-54)43-76(62)89(73)57-33-25-50(26-34-57)85-87-72-42-35-58(90-74-20-8-2-14-60(74)63-37-28-52(44-77(63)90)55-31-40-69-66-17-5-11-23-80(66)93-83(69)47-55)49-71(72)86(88-85)91-75-21-9-3-15-61(75)64-38-29-53(45-78(64)91)56-32-41-70-67-18-6-12-24-81(67)94-84(70)48-56/h1-49H. The molecule has 0 unspecified atom stereocenters. The summed E-state index contributed by atoms with van der Waals surface area (Å²) in [5, 5.41) is 14.5. The number of furan rings is 3. The quantitative estimate of drug-likeness (QED) is 0.159. The number of hydrogen-bond donors (Lipinski definition) is 0. The van der Waals surface area contributed by atoms with E-state index in [0.717, 1.165) is 182 Å². The molecule has 0 atom stereocenters. The topological polar surface area (TPSA) is 80.0 Å². The molecule has 0 bridgehead atoms. The maximum absolute atomic E-state index is 6.47. The van der Waals surface area contributed by atoms with Gasteiger partial charge in [-0.1, -0.05) is 164 Å². The van der Waals surface area contributed by atoms with Crippen LogP contribution in [0.2, 0.25) is 0 Å². The molecule has 0 aliphatic carbocycles. The van der Waals surface area contributed by atoms with Crippen LogP contribution < -0.4 is 0 Å². The normalized spacial score (nSPS) is 12.3. The van der Waals surface area contributed by atoms with Crippen LogP contribution in [-0.4, -0.2) is 23.7 Å². The Kier molecular flexibility index (Phi) is 10.5. The molecule has 14 aromatic carbocycles. The Morgan fingerprint density at radius 3 is 0.968 bits per heavy atom. The van der Waals surface area contributed by atoms with Crippen molar-refractivity contribution in [1.29, 1.82) is 0 Å². The summed E-state index contributed by atoms with van der Waals surface area (Å²) in [7, 11) is 0. The highest BCUT2D eigenvalue weighted by atomic mass is 16.3. The lowest BCUT2D eigenvalue weighted by atomic mass is 10.0. The number of fused-ring (bicyclic) bond motifs is 19. The van der Waals surface area contributed by atoms with E-state index in [4.69, 9.17) is 23.2 Å². The molecule has 436 valence electrons. The van der Waals surface area contributed by atoms with Crippen molar-refractivity contribution in [3.05, 3.63) is 297 Å². The first kappa shape index (κ1) is 51.0. The van der Waals surface area contributed by atoms with Crippen molar-refractivity contribution in [3.63, 3.8) is 0 Å². The van der Waals surface area contributed by atoms with E-state index in [-0.39, 0.29) is 0 Å². The lowest BCUT2D eigenvalue weighted by Crippen LogP contribution is -2.04. The van der Waals surface area contributed by atoms with Gasteiger partial charge in [0.2, 0.25) is 0 Å². The number of para-hydroxylation sites is 6. The van der Waals surface area contributed by atoms with Crippen molar-refractivity contribution in [3.8, 4) is 62.0 Å². The molecule has 94 heavy (non-hydrogen) atoms. The van der Waals surface area contributed by atoms with E-state index in [1.807, 2.05) is 36.4 Å². The third kappa shape index (κ3) is 7.50. The monoisotopic (exact) mass is 1200 g/mol. The molecule has 0 spiro atoms. The Balaban J connectivity index is 0.752. The highest BCUT2D eigenvalue weighted by Gasteiger charge is 2.23. The Labute approximate surface area is 535 Å². The molecule has 7 heterocycles. The molecule has 0 radical (unpaired) electrons. The lowest BCUT2D eigenvalue weighted by Gasteiger charge is -2.16. The Hall–Kier alpha value is -12.8. The fraction of sp³-hybridized carbons (Fsp3) is 0. The second kappa shape index (κ2) is 19.4. The van der Waals surface area contributed by atoms with E-state index in [1.54, 1.807) is 0 Å². The first-order valence-electron chi connectivity index (χ1n) is 31.8. The molecule has 21 rings (SSSR count). The summed E-state index contributed by atoms with van der Waals surface area (Å²) >= 11 is 0. The molecule has 8 heteroatoms. The maximum atomic E-state index is 6.47. The summed E-state index contributed by atoms with van der Waals surface area (Å²) in [6.45, 7) is 0. The van der Waals surface area contributed by atoms with Crippen LogP contribution in [0.4, 0.5) is 0 Å². The van der Waals surface area contributed by atoms with E-state index in [0.29, 0.717) is 5.82 Å². The summed E-state index contributed by atoms with van der Waals surface area (Å²) in [5.74, 6) is 1.39. The van der Waals surface area contributed by atoms with Crippen LogP contribution in [-0.2, 0) is 0 Å². The van der Waals surface area contributed by atoms with Crippen LogP contribution in [0.25, 0.3) is 204 Å². The first-order valence-corrected chi connectivity index (χ1v) is 31.8. The molecule has 0 saturated carbocycles. The van der Waals surface area contributed by atoms with Crippen LogP contribution in [0.15, 0.2) is 311 Å². The van der Waals surface area contributed by atoms with Gasteiger partial charge in [-0.3, -0.25) is 4.57 Å². The number of rotatable bonds is 7. The second-order valence-electron chi connectivity index (χ2n) is 24.8. The molecule has 0 fully saturated rings. The zero-order valence-corrected chi connectivity index (χ0v) is 50.3. The molecule has 21 aromatic rings. The van der Waals surface area contributed by atoms with Crippen LogP contribution >= 0.6 is 0 Å². The minimum Gasteiger partial charge on any atom is -0.456 e. The fourth-order valence-electron chi connectivity index (χ4n) is 15.2. The van der Waals surface area contributed by atoms with Gasteiger partial charge in [0.25, 0.3) is 0 Å². The van der Waals surface area contributed by atoms with Crippen molar-refractivity contribution < 1.29 is 13.3 Å². The third-order valence-corrected chi connectivity index (χ3v) is 19.7. The van der Waals surface area contributed by atoms with Gasteiger partial charge in [-0.2, -0.15) is 0 Å². The molecule has 0 aliphatic rings. The minimum atomic E-state index is 0.618. The maximum Gasteiger partial charge on any atom is 0.162 e. The van der Waals surface area contributed by atoms with Gasteiger partial charge in [0.1, 0.15) is 39.3 Å². The van der Waals surface area contributed by atoms with Crippen molar-refractivity contribution in [2.75, 3.05) is 0 Å².